The molecule has 2 heterocycles. The molecular formula is C17H28N2O. The second kappa shape index (κ2) is 5.82. The molecule has 1 aliphatic heterocycles. The number of aromatic nitrogens is 1. The maximum absolute atomic E-state index is 5.58. The van der Waals surface area contributed by atoms with Crippen LogP contribution in [0.25, 0.3) is 0 Å². The van der Waals surface area contributed by atoms with Gasteiger partial charge in [-0.2, -0.15) is 0 Å². The van der Waals surface area contributed by atoms with Crippen LogP contribution in [0, 0.1) is 0 Å². The fraction of sp³-hybridized carbons (Fsp3) is 0.706. The molecule has 3 nitrogen and oxygen atoms in total. The Labute approximate surface area is 123 Å². The summed E-state index contributed by atoms with van der Waals surface area (Å²) in [7, 11) is 4.25. The van der Waals surface area contributed by atoms with Gasteiger partial charge in [0.15, 0.2) is 0 Å². The maximum Gasteiger partial charge on any atom is 0.0639 e. The predicted octanol–water partition coefficient (Wildman–Crippen LogP) is 3.51. The van der Waals surface area contributed by atoms with E-state index in [1.165, 1.54) is 17.0 Å². The smallest absolute Gasteiger partial charge is 0.0639 e. The zero-order chi connectivity index (χ0) is 14.9. The van der Waals surface area contributed by atoms with Crippen LogP contribution in [0.5, 0.6) is 0 Å². The van der Waals surface area contributed by atoms with E-state index < -0.39 is 0 Å². The molecule has 0 radical (unpaired) electrons. The lowest BCUT2D eigenvalue weighted by molar-refractivity contribution is 0.184. The van der Waals surface area contributed by atoms with Crippen molar-refractivity contribution in [3.8, 4) is 0 Å². The molecule has 1 unspecified atom stereocenters. The Morgan fingerprint density at radius 3 is 2.50 bits per heavy atom. The maximum atomic E-state index is 5.58. The lowest BCUT2D eigenvalue weighted by Gasteiger charge is -2.35. The van der Waals surface area contributed by atoms with Crippen molar-refractivity contribution in [1.29, 1.82) is 0 Å². The van der Waals surface area contributed by atoms with Gasteiger partial charge in [-0.3, -0.25) is 9.88 Å². The largest absolute Gasteiger partial charge is 0.381 e. The normalized spacial score (nSPS) is 20.1. The third-order valence-electron chi connectivity index (χ3n) is 4.61. The lowest BCUT2D eigenvalue weighted by Crippen LogP contribution is -2.37. The second-order valence-corrected chi connectivity index (χ2v) is 6.84. The molecule has 0 bridgehead atoms. The molecule has 1 saturated heterocycles. The van der Waals surface area contributed by atoms with E-state index in [9.17, 15) is 0 Å². The minimum absolute atomic E-state index is 0.0666. The molecule has 1 aliphatic rings. The van der Waals surface area contributed by atoms with Crippen LogP contribution in [-0.4, -0.2) is 37.2 Å². The first kappa shape index (κ1) is 15.5. The summed E-state index contributed by atoms with van der Waals surface area (Å²) in [5, 5.41) is 0. The Kier molecular flexibility index (Phi) is 4.50. The monoisotopic (exact) mass is 276 g/mol. The van der Waals surface area contributed by atoms with Crippen molar-refractivity contribution in [2.75, 3.05) is 27.3 Å². The third-order valence-corrected chi connectivity index (χ3v) is 4.61. The van der Waals surface area contributed by atoms with E-state index in [0.717, 1.165) is 19.6 Å². The molecule has 3 heteroatoms. The number of pyridine rings is 1. The molecule has 0 spiro atoms. The highest BCUT2D eigenvalue weighted by Gasteiger charge is 2.32. The van der Waals surface area contributed by atoms with Crippen molar-refractivity contribution >= 4 is 0 Å². The first-order valence-corrected chi connectivity index (χ1v) is 7.60. The van der Waals surface area contributed by atoms with Crippen molar-refractivity contribution in [2.45, 2.75) is 51.5 Å². The average molecular weight is 276 g/mol. The van der Waals surface area contributed by atoms with Crippen LogP contribution in [0.3, 0.4) is 0 Å². The molecule has 1 aromatic rings. The molecule has 0 aliphatic carbocycles. The molecule has 0 N–H and O–H groups in total. The van der Waals surface area contributed by atoms with Gasteiger partial charge in [-0.25, -0.2) is 0 Å². The van der Waals surface area contributed by atoms with E-state index in [4.69, 9.17) is 9.72 Å². The molecule has 20 heavy (non-hydrogen) atoms. The Bertz CT molecular complexity index is 460. The fourth-order valence-electron chi connectivity index (χ4n) is 2.62. The van der Waals surface area contributed by atoms with Crippen molar-refractivity contribution in [3.63, 3.8) is 0 Å². The molecule has 1 fully saturated rings. The summed E-state index contributed by atoms with van der Waals surface area (Å²) in [5.74, 6) is 0.957. The van der Waals surface area contributed by atoms with Crippen molar-refractivity contribution in [3.05, 3.63) is 29.1 Å². The zero-order valence-corrected chi connectivity index (χ0v) is 13.7. The quantitative estimate of drug-likeness (QED) is 0.841. The van der Waals surface area contributed by atoms with E-state index in [2.05, 4.69) is 58.8 Å². The molecular weight excluding hydrogens is 248 g/mol. The van der Waals surface area contributed by atoms with E-state index >= 15 is 0 Å². The van der Waals surface area contributed by atoms with Gasteiger partial charge in [-0.1, -0.05) is 19.9 Å². The number of hydrogen-bond acceptors (Lipinski definition) is 3. The van der Waals surface area contributed by atoms with Crippen LogP contribution >= 0.6 is 0 Å². The van der Waals surface area contributed by atoms with Crippen molar-refractivity contribution in [1.82, 2.24) is 9.88 Å². The predicted molar refractivity (Wildman–Crippen MR) is 83.2 cm³/mol. The first-order chi connectivity index (χ1) is 9.34. The van der Waals surface area contributed by atoms with E-state index in [0.29, 0.717) is 11.8 Å². The highest BCUT2D eigenvalue weighted by atomic mass is 16.5. The van der Waals surface area contributed by atoms with Crippen LogP contribution < -0.4 is 0 Å². The molecule has 1 atom stereocenters. The third kappa shape index (κ3) is 2.89. The summed E-state index contributed by atoms with van der Waals surface area (Å²) >= 11 is 0. The summed E-state index contributed by atoms with van der Waals surface area (Å²) in [6, 6.07) is 4.47. The van der Waals surface area contributed by atoms with Crippen LogP contribution in [0.15, 0.2) is 12.1 Å². The summed E-state index contributed by atoms with van der Waals surface area (Å²) in [4.78, 5) is 7.26. The number of ether oxygens (including phenoxy) is 1. The molecule has 0 amide bonds. The summed E-state index contributed by atoms with van der Waals surface area (Å²) in [6.07, 6.45) is 1.11. The van der Waals surface area contributed by atoms with Gasteiger partial charge in [0.05, 0.1) is 17.8 Å². The summed E-state index contributed by atoms with van der Waals surface area (Å²) < 4.78 is 5.58. The number of nitrogens with zero attached hydrogens (tertiary/aromatic N) is 2. The average Bonchev–Trinajstić information content (AvgIpc) is 2.91. The lowest BCUT2D eigenvalue weighted by atomic mass is 9.86. The van der Waals surface area contributed by atoms with E-state index in [-0.39, 0.29) is 5.54 Å². The van der Waals surface area contributed by atoms with Gasteiger partial charge in [0.1, 0.15) is 0 Å². The fourth-order valence-corrected chi connectivity index (χ4v) is 2.62. The standard InChI is InChI=1S/C17H28N2O/c1-12(2)15-8-7-14(13-9-10-20-11-13)16(18-15)17(3,4)19(5)6/h7-8,12-13H,9-11H2,1-6H3. The van der Waals surface area contributed by atoms with Crippen LogP contribution in [-0.2, 0) is 10.3 Å². The Morgan fingerprint density at radius 2 is 2.00 bits per heavy atom. The Hall–Kier alpha value is -0.930. The van der Waals surface area contributed by atoms with Crippen LogP contribution in [0.1, 0.15) is 62.9 Å². The Morgan fingerprint density at radius 1 is 1.30 bits per heavy atom. The summed E-state index contributed by atoms with van der Waals surface area (Å²) in [6.45, 7) is 10.6. The molecule has 2 rings (SSSR count). The van der Waals surface area contributed by atoms with E-state index in [1.807, 2.05) is 0 Å². The second-order valence-electron chi connectivity index (χ2n) is 6.84. The van der Waals surface area contributed by atoms with Crippen molar-refractivity contribution < 1.29 is 4.74 Å². The van der Waals surface area contributed by atoms with Gasteiger partial charge in [-0.05, 0) is 51.9 Å². The topological polar surface area (TPSA) is 25.4 Å². The number of rotatable bonds is 4. The molecule has 0 aromatic carbocycles. The van der Waals surface area contributed by atoms with Crippen molar-refractivity contribution in [2.24, 2.45) is 0 Å². The minimum atomic E-state index is -0.0666. The zero-order valence-electron chi connectivity index (χ0n) is 13.7. The molecule has 0 saturated carbocycles. The minimum Gasteiger partial charge on any atom is -0.381 e. The van der Waals surface area contributed by atoms with Gasteiger partial charge in [-0.15, -0.1) is 0 Å². The van der Waals surface area contributed by atoms with Gasteiger partial charge in [0.25, 0.3) is 0 Å². The van der Waals surface area contributed by atoms with Gasteiger partial charge < -0.3 is 4.74 Å². The molecule has 112 valence electrons. The molecule has 1 aromatic heterocycles. The number of hydrogen-bond donors (Lipinski definition) is 0. The van der Waals surface area contributed by atoms with Gasteiger partial charge in [0.2, 0.25) is 0 Å². The highest BCUT2D eigenvalue weighted by molar-refractivity contribution is 5.33. The van der Waals surface area contributed by atoms with Crippen LogP contribution in [0.2, 0.25) is 0 Å². The SMILES string of the molecule is CC(C)c1ccc(C2CCOC2)c(C(C)(C)N(C)C)n1. The van der Waals surface area contributed by atoms with Crippen LogP contribution in [0.4, 0.5) is 0 Å². The van der Waals surface area contributed by atoms with Gasteiger partial charge in [0, 0.05) is 18.2 Å². The first-order valence-electron chi connectivity index (χ1n) is 7.60. The summed E-state index contributed by atoms with van der Waals surface area (Å²) in [5.41, 5.74) is 3.69. The highest BCUT2D eigenvalue weighted by Crippen LogP contribution is 2.35. The van der Waals surface area contributed by atoms with Gasteiger partial charge >= 0.3 is 0 Å². The Balaban J connectivity index is 2.50. The van der Waals surface area contributed by atoms with E-state index in [1.54, 1.807) is 0 Å².